The molecule has 2 aliphatic rings. The maximum Gasteiger partial charge on any atom is 0.161 e. The van der Waals surface area contributed by atoms with Crippen LogP contribution in [-0.4, -0.2) is 17.5 Å². The third-order valence-electron chi connectivity index (χ3n) is 5.39. The number of aliphatic hydroxyl groups excluding tert-OH is 1. The van der Waals surface area contributed by atoms with Crippen molar-refractivity contribution in [3.8, 4) is 6.07 Å². The van der Waals surface area contributed by atoms with Gasteiger partial charge in [-0.3, -0.25) is 9.69 Å². The molecule has 1 aromatic heterocycles. The summed E-state index contributed by atoms with van der Waals surface area (Å²) in [4.78, 5) is 17.0. The van der Waals surface area contributed by atoms with Gasteiger partial charge >= 0.3 is 0 Å². The van der Waals surface area contributed by atoms with Gasteiger partial charge in [0.2, 0.25) is 0 Å². The number of carbonyl (C=O) groups excluding carboxylic acids is 1. The largest absolute Gasteiger partial charge is 0.397 e. The number of anilines is 1. The van der Waals surface area contributed by atoms with Crippen LogP contribution in [0.3, 0.4) is 0 Å². The molecule has 0 radical (unpaired) electrons. The van der Waals surface area contributed by atoms with E-state index in [2.05, 4.69) is 12.1 Å². The van der Waals surface area contributed by atoms with Gasteiger partial charge < -0.3 is 10.8 Å². The van der Waals surface area contributed by atoms with Gasteiger partial charge in [0, 0.05) is 39.7 Å². The first-order valence-corrected chi connectivity index (χ1v) is 11.0. The normalized spacial score (nSPS) is 18.4. The number of aryl methyl sites for hydroxylation is 2. The predicted octanol–water partition coefficient (Wildman–Crippen LogP) is 4.81. The number of aliphatic hydroxyl groups is 1. The van der Waals surface area contributed by atoms with Crippen LogP contribution in [0.15, 0.2) is 53.0 Å². The highest BCUT2D eigenvalue weighted by Crippen LogP contribution is 2.47. The second-order valence-electron chi connectivity index (χ2n) is 7.48. The Morgan fingerprint density at radius 3 is 2.48 bits per heavy atom. The van der Waals surface area contributed by atoms with Crippen LogP contribution >= 0.6 is 11.3 Å². The van der Waals surface area contributed by atoms with E-state index < -0.39 is 5.92 Å². The van der Waals surface area contributed by atoms with Crippen molar-refractivity contribution in [1.29, 1.82) is 5.26 Å². The molecular formula is C24H26FN3O2S. The van der Waals surface area contributed by atoms with E-state index in [1.807, 2.05) is 13.8 Å². The number of rotatable bonds is 2. The fourth-order valence-corrected chi connectivity index (χ4v) is 5.18. The number of hydrogen-bond acceptors (Lipinski definition) is 6. The standard InChI is InChI=1S/C22H20FN3OS.C2H6O/c1-12-10-16(13(2)28-12)20-17(11-24)22(25)26(15-8-6-14(23)7-9-15)18-4-3-5-19(27)21(18)20;1-2-3/h6-10,20H,3-5,25H2,1-2H3;3H,2H2,1H3. The number of nitrogens with zero attached hydrogens (tertiary/aromatic N) is 2. The number of nitrogens with two attached hydrogens (primary N) is 1. The molecule has 0 spiro atoms. The van der Waals surface area contributed by atoms with Crippen LogP contribution < -0.4 is 10.6 Å². The first-order chi connectivity index (χ1) is 14.8. The van der Waals surface area contributed by atoms with Gasteiger partial charge in [0.25, 0.3) is 0 Å². The molecule has 0 fully saturated rings. The van der Waals surface area contributed by atoms with Crippen molar-refractivity contribution in [2.45, 2.75) is 46.0 Å². The summed E-state index contributed by atoms with van der Waals surface area (Å²) < 4.78 is 13.4. The Kier molecular flexibility index (Phi) is 6.94. The molecule has 0 bridgehead atoms. The Morgan fingerprint density at radius 2 is 1.94 bits per heavy atom. The van der Waals surface area contributed by atoms with E-state index in [9.17, 15) is 14.4 Å². The molecule has 0 saturated carbocycles. The summed E-state index contributed by atoms with van der Waals surface area (Å²) in [5.74, 6) is -0.410. The SMILES string of the molecule is CCO.Cc1cc(C2C(C#N)=C(N)N(c3ccc(F)cc3)C3=C2C(=O)CCC3)c(C)s1. The lowest BCUT2D eigenvalue weighted by atomic mass is 9.75. The number of Topliss-reactive ketones (excluding diaryl/α,β-unsaturated/α-hetero) is 1. The minimum Gasteiger partial charge on any atom is -0.397 e. The molecule has 162 valence electrons. The molecule has 0 amide bonds. The van der Waals surface area contributed by atoms with Crippen LogP contribution in [0.5, 0.6) is 0 Å². The Bertz CT molecular complexity index is 1090. The van der Waals surface area contributed by atoms with E-state index in [1.54, 1.807) is 35.3 Å². The van der Waals surface area contributed by atoms with E-state index in [4.69, 9.17) is 10.8 Å². The number of halogens is 1. The lowest BCUT2D eigenvalue weighted by Crippen LogP contribution is -2.38. The fourth-order valence-electron chi connectivity index (χ4n) is 4.22. The average molecular weight is 440 g/mol. The number of benzene rings is 1. The Labute approximate surface area is 185 Å². The summed E-state index contributed by atoms with van der Waals surface area (Å²) in [6, 6.07) is 10.3. The summed E-state index contributed by atoms with van der Waals surface area (Å²) >= 11 is 1.65. The zero-order valence-electron chi connectivity index (χ0n) is 17.9. The number of carbonyl (C=O) groups is 1. The first kappa shape index (κ1) is 22.7. The van der Waals surface area contributed by atoms with Gasteiger partial charge in [-0.15, -0.1) is 11.3 Å². The monoisotopic (exact) mass is 439 g/mol. The van der Waals surface area contributed by atoms with Crippen molar-refractivity contribution < 1.29 is 14.3 Å². The zero-order chi connectivity index (χ0) is 22.7. The molecule has 3 N–H and O–H groups in total. The summed E-state index contributed by atoms with van der Waals surface area (Å²) in [5, 5.41) is 17.5. The molecule has 0 saturated heterocycles. The summed E-state index contributed by atoms with van der Waals surface area (Å²) in [5.41, 5.74) is 9.98. The molecule has 1 unspecified atom stereocenters. The van der Waals surface area contributed by atoms with Gasteiger partial charge in [-0.25, -0.2) is 4.39 Å². The smallest absolute Gasteiger partial charge is 0.161 e. The maximum atomic E-state index is 13.4. The zero-order valence-corrected chi connectivity index (χ0v) is 18.7. The predicted molar refractivity (Wildman–Crippen MR) is 121 cm³/mol. The minimum absolute atomic E-state index is 0.0573. The van der Waals surface area contributed by atoms with Crippen LogP contribution in [0.4, 0.5) is 10.1 Å². The third kappa shape index (κ3) is 4.27. The molecule has 1 aromatic carbocycles. The van der Waals surface area contributed by atoms with Crippen molar-refractivity contribution in [3.63, 3.8) is 0 Å². The second-order valence-corrected chi connectivity index (χ2v) is 8.94. The molecule has 1 aliphatic heterocycles. The van der Waals surface area contributed by atoms with Gasteiger partial charge in [0.15, 0.2) is 5.78 Å². The molecule has 7 heteroatoms. The highest BCUT2D eigenvalue weighted by molar-refractivity contribution is 7.12. The first-order valence-electron chi connectivity index (χ1n) is 10.2. The molecular weight excluding hydrogens is 413 g/mol. The molecule has 1 atom stereocenters. The van der Waals surface area contributed by atoms with Crippen molar-refractivity contribution >= 4 is 22.8 Å². The van der Waals surface area contributed by atoms with Crippen molar-refractivity contribution in [1.82, 2.24) is 0 Å². The van der Waals surface area contributed by atoms with Crippen LogP contribution in [0.2, 0.25) is 0 Å². The number of allylic oxidation sites excluding steroid dienone is 3. The van der Waals surface area contributed by atoms with E-state index in [1.165, 1.54) is 12.1 Å². The van der Waals surface area contributed by atoms with E-state index in [0.717, 1.165) is 27.4 Å². The summed E-state index contributed by atoms with van der Waals surface area (Å²) in [7, 11) is 0. The van der Waals surface area contributed by atoms with Gasteiger partial charge in [-0.2, -0.15) is 5.26 Å². The van der Waals surface area contributed by atoms with Crippen molar-refractivity contribution in [2.75, 3.05) is 11.5 Å². The van der Waals surface area contributed by atoms with Crippen molar-refractivity contribution in [2.24, 2.45) is 5.73 Å². The van der Waals surface area contributed by atoms with Gasteiger partial charge in [0.05, 0.1) is 17.6 Å². The average Bonchev–Trinajstić information content (AvgIpc) is 3.06. The third-order valence-corrected chi connectivity index (χ3v) is 6.37. The number of hydrogen-bond donors (Lipinski definition) is 2. The maximum absolute atomic E-state index is 13.4. The summed E-state index contributed by atoms with van der Waals surface area (Å²) in [6.45, 7) is 5.96. The molecule has 2 aromatic rings. The van der Waals surface area contributed by atoms with Crippen LogP contribution in [0.25, 0.3) is 0 Å². The molecule has 5 nitrogen and oxygen atoms in total. The number of ketones is 1. The highest BCUT2D eigenvalue weighted by atomic mass is 32.1. The molecule has 1 aliphatic carbocycles. The summed E-state index contributed by atoms with van der Waals surface area (Å²) in [6.07, 6.45) is 1.89. The molecule has 4 rings (SSSR count). The van der Waals surface area contributed by atoms with E-state index >= 15 is 0 Å². The van der Waals surface area contributed by atoms with Gasteiger partial charge in [-0.1, -0.05) is 0 Å². The van der Waals surface area contributed by atoms with Gasteiger partial charge in [0.1, 0.15) is 11.6 Å². The van der Waals surface area contributed by atoms with Crippen LogP contribution in [0.1, 0.15) is 47.4 Å². The Morgan fingerprint density at radius 1 is 1.29 bits per heavy atom. The van der Waals surface area contributed by atoms with Crippen LogP contribution in [0, 0.1) is 31.0 Å². The van der Waals surface area contributed by atoms with Gasteiger partial charge in [-0.05, 0) is 69.5 Å². The lowest BCUT2D eigenvalue weighted by Gasteiger charge is -2.39. The Hall–Kier alpha value is -2.95. The lowest BCUT2D eigenvalue weighted by molar-refractivity contribution is -0.116. The van der Waals surface area contributed by atoms with E-state index in [-0.39, 0.29) is 18.2 Å². The minimum atomic E-state index is -0.436. The Balaban J connectivity index is 0.000000858. The van der Waals surface area contributed by atoms with E-state index in [0.29, 0.717) is 35.5 Å². The number of nitriles is 1. The second kappa shape index (κ2) is 9.46. The quantitative estimate of drug-likeness (QED) is 0.701. The fraction of sp³-hybridized carbons (Fsp3) is 0.333. The highest BCUT2D eigenvalue weighted by Gasteiger charge is 2.41. The number of thiophene rings is 1. The van der Waals surface area contributed by atoms with Crippen LogP contribution in [-0.2, 0) is 4.79 Å². The molecule has 31 heavy (non-hydrogen) atoms. The van der Waals surface area contributed by atoms with Crippen molar-refractivity contribution in [3.05, 3.63) is 74.1 Å². The topological polar surface area (TPSA) is 90.3 Å². The molecule has 2 heterocycles.